The molecule has 0 unspecified atom stereocenters. The van der Waals surface area contributed by atoms with Crippen molar-refractivity contribution >= 4 is 29.4 Å². The number of amides is 2. The number of hydrogen-bond acceptors (Lipinski definition) is 4. The van der Waals surface area contributed by atoms with E-state index < -0.39 is 0 Å². The quantitative estimate of drug-likeness (QED) is 0.769. The zero-order valence-corrected chi connectivity index (χ0v) is 15.3. The van der Waals surface area contributed by atoms with Crippen molar-refractivity contribution in [2.45, 2.75) is 32.2 Å². The van der Waals surface area contributed by atoms with E-state index >= 15 is 0 Å². The Labute approximate surface area is 157 Å². The van der Waals surface area contributed by atoms with Gasteiger partial charge >= 0.3 is 5.97 Å². The van der Waals surface area contributed by atoms with Crippen LogP contribution in [0.4, 0.5) is 0 Å². The van der Waals surface area contributed by atoms with Gasteiger partial charge in [0, 0.05) is 30.6 Å². The van der Waals surface area contributed by atoms with E-state index in [1.165, 1.54) is 0 Å². The van der Waals surface area contributed by atoms with E-state index in [9.17, 15) is 14.4 Å². The predicted molar refractivity (Wildman–Crippen MR) is 96.3 cm³/mol. The fourth-order valence-electron chi connectivity index (χ4n) is 3.03. The average molecular weight is 379 g/mol. The first-order valence-corrected chi connectivity index (χ1v) is 9.37. The molecule has 1 saturated heterocycles. The van der Waals surface area contributed by atoms with Crippen molar-refractivity contribution in [3.63, 3.8) is 0 Å². The molecule has 3 rings (SSSR count). The Morgan fingerprint density at radius 1 is 1.04 bits per heavy atom. The molecule has 140 valence electrons. The van der Waals surface area contributed by atoms with Gasteiger partial charge in [-0.2, -0.15) is 0 Å². The Bertz CT molecular complexity index is 665. The zero-order chi connectivity index (χ0) is 18.5. The number of esters is 1. The normalized spacial score (nSPS) is 17.7. The summed E-state index contributed by atoms with van der Waals surface area (Å²) in [5, 5.41) is 3.34. The topological polar surface area (TPSA) is 75.7 Å². The summed E-state index contributed by atoms with van der Waals surface area (Å²) in [5.74, 6) is -0.497. The highest BCUT2D eigenvalue weighted by molar-refractivity contribution is 6.30. The smallest absolute Gasteiger partial charge is 0.309 e. The summed E-state index contributed by atoms with van der Waals surface area (Å²) in [6.45, 7) is 1.26. The fraction of sp³-hybridized carbons (Fsp3) is 0.526. The maximum Gasteiger partial charge on any atom is 0.309 e. The van der Waals surface area contributed by atoms with Crippen LogP contribution in [0, 0.1) is 11.8 Å². The zero-order valence-electron chi connectivity index (χ0n) is 14.6. The monoisotopic (exact) mass is 378 g/mol. The van der Waals surface area contributed by atoms with Crippen LogP contribution in [-0.4, -0.2) is 42.4 Å². The lowest BCUT2D eigenvalue weighted by Gasteiger charge is -2.31. The van der Waals surface area contributed by atoms with Crippen LogP contribution in [0.1, 0.15) is 31.2 Å². The van der Waals surface area contributed by atoms with Crippen LogP contribution in [0.15, 0.2) is 24.3 Å². The van der Waals surface area contributed by atoms with E-state index in [2.05, 4.69) is 5.32 Å². The van der Waals surface area contributed by atoms with Crippen molar-refractivity contribution in [1.82, 2.24) is 10.2 Å². The number of ether oxygens (including phenoxy) is 1. The Balaban J connectivity index is 1.34. The minimum absolute atomic E-state index is 0.211. The van der Waals surface area contributed by atoms with E-state index in [-0.39, 0.29) is 36.2 Å². The van der Waals surface area contributed by atoms with Crippen LogP contribution in [0.25, 0.3) is 0 Å². The van der Waals surface area contributed by atoms with E-state index in [0.717, 1.165) is 18.4 Å². The lowest BCUT2D eigenvalue weighted by atomic mass is 9.97. The molecule has 6 nitrogen and oxygen atoms in total. The summed E-state index contributed by atoms with van der Waals surface area (Å²) in [5.41, 5.74) is 0.918. The number of halogens is 1. The molecule has 0 spiro atoms. The number of hydrogen-bond donors (Lipinski definition) is 1. The number of nitrogens with one attached hydrogen (secondary N) is 1. The van der Waals surface area contributed by atoms with Gasteiger partial charge in [-0.1, -0.05) is 23.7 Å². The highest BCUT2D eigenvalue weighted by atomic mass is 35.5. The molecule has 1 aliphatic heterocycles. The third kappa shape index (κ3) is 5.21. The van der Waals surface area contributed by atoms with Gasteiger partial charge in [0.05, 0.1) is 5.92 Å². The number of nitrogens with zero attached hydrogens (tertiary/aromatic N) is 1. The number of likely N-dealkylation sites (tertiary alicyclic amines) is 1. The minimum Gasteiger partial charge on any atom is -0.455 e. The molecule has 0 radical (unpaired) electrons. The Morgan fingerprint density at radius 2 is 1.69 bits per heavy atom. The van der Waals surface area contributed by atoms with Gasteiger partial charge in [0.15, 0.2) is 6.61 Å². The van der Waals surface area contributed by atoms with Crippen molar-refractivity contribution in [3.8, 4) is 0 Å². The minimum atomic E-state index is -0.356. The highest BCUT2D eigenvalue weighted by Gasteiger charge is 2.36. The molecule has 1 N–H and O–H groups in total. The van der Waals surface area contributed by atoms with Gasteiger partial charge < -0.3 is 15.0 Å². The second-order valence-electron chi connectivity index (χ2n) is 6.88. The lowest BCUT2D eigenvalue weighted by molar-refractivity contribution is -0.155. The van der Waals surface area contributed by atoms with Crippen molar-refractivity contribution < 1.29 is 19.1 Å². The second kappa shape index (κ2) is 8.54. The standard InChI is InChI=1S/C19H23ClN2O4/c20-16-5-1-13(2-6-16)11-21-17(23)12-26-19(25)15-7-9-22(10-8-15)18(24)14-3-4-14/h1-2,5-6,14-15H,3-4,7-12H2,(H,21,23). The third-order valence-corrected chi connectivity index (χ3v) is 5.07. The summed E-state index contributed by atoms with van der Waals surface area (Å²) in [7, 11) is 0. The number of carbonyl (C=O) groups excluding carboxylic acids is 3. The number of rotatable bonds is 6. The van der Waals surface area contributed by atoms with Gasteiger partial charge in [0.2, 0.25) is 5.91 Å². The van der Waals surface area contributed by atoms with Crippen molar-refractivity contribution in [2.24, 2.45) is 11.8 Å². The molecule has 26 heavy (non-hydrogen) atoms. The van der Waals surface area contributed by atoms with Gasteiger partial charge in [-0.25, -0.2) is 0 Å². The number of piperidine rings is 1. The summed E-state index contributed by atoms with van der Waals surface area (Å²) in [4.78, 5) is 37.8. The first-order chi connectivity index (χ1) is 12.5. The largest absolute Gasteiger partial charge is 0.455 e. The summed E-state index contributed by atoms with van der Waals surface area (Å²) in [6.07, 6.45) is 3.19. The Hall–Kier alpha value is -2.08. The molecule has 0 aromatic heterocycles. The molecule has 1 aliphatic carbocycles. The summed E-state index contributed by atoms with van der Waals surface area (Å²) < 4.78 is 5.13. The molecule has 1 heterocycles. The first kappa shape index (κ1) is 18.7. The highest BCUT2D eigenvalue weighted by Crippen LogP contribution is 2.32. The van der Waals surface area contributed by atoms with E-state index in [1.54, 1.807) is 12.1 Å². The number of carbonyl (C=O) groups is 3. The van der Waals surface area contributed by atoms with Crippen LogP contribution in [0.2, 0.25) is 5.02 Å². The van der Waals surface area contributed by atoms with Crippen LogP contribution in [-0.2, 0) is 25.7 Å². The molecule has 2 aliphatic rings. The van der Waals surface area contributed by atoms with Crippen molar-refractivity contribution in [3.05, 3.63) is 34.9 Å². The van der Waals surface area contributed by atoms with E-state index in [1.807, 2.05) is 17.0 Å². The van der Waals surface area contributed by atoms with Gasteiger partial charge in [-0.15, -0.1) is 0 Å². The Morgan fingerprint density at radius 3 is 2.31 bits per heavy atom. The lowest BCUT2D eigenvalue weighted by Crippen LogP contribution is -2.41. The first-order valence-electron chi connectivity index (χ1n) is 8.99. The van der Waals surface area contributed by atoms with E-state index in [0.29, 0.717) is 37.5 Å². The third-order valence-electron chi connectivity index (χ3n) is 4.82. The van der Waals surface area contributed by atoms with Gasteiger partial charge in [0.1, 0.15) is 0 Å². The predicted octanol–water partition coefficient (Wildman–Crippen LogP) is 2.15. The fourth-order valence-corrected chi connectivity index (χ4v) is 3.16. The molecule has 1 saturated carbocycles. The van der Waals surface area contributed by atoms with Gasteiger partial charge in [-0.05, 0) is 43.4 Å². The molecule has 1 aromatic carbocycles. The maximum absolute atomic E-state index is 12.1. The van der Waals surface area contributed by atoms with Crippen molar-refractivity contribution in [1.29, 1.82) is 0 Å². The van der Waals surface area contributed by atoms with Gasteiger partial charge in [-0.3, -0.25) is 14.4 Å². The van der Waals surface area contributed by atoms with Crippen molar-refractivity contribution in [2.75, 3.05) is 19.7 Å². The molecule has 2 fully saturated rings. The summed E-state index contributed by atoms with van der Waals surface area (Å²) >= 11 is 5.81. The van der Waals surface area contributed by atoms with Crippen LogP contribution in [0.5, 0.6) is 0 Å². The second-order valence-corrected chi connectivity index (χ2v) is 7.32. The molecule has 0 bridgehead atoms. The summed E-state index contributed by atoms with van der Waals surface area (Å²) in [6, 6.07) is 7.16. The molecule has 1 aromatic rings. The van der Waals surface area contributed by atoms with Crippen LogP contribution < -0.4 is 5.32 Å². The molecule has 0 atom stereocenters. The SMILES string of the molecule is O=C(COC(=O)C1CCN(C(=O)C2CC2)CC1)NCc1ccc(Cl)cc1. The van der Waals surface area contributed by atoms with Gasteiger partial charge in [0.25, 0.3) is 5.91 Å². The molecular formula is C19H23ClN2O4. The maximum atomic E-state index is 12.1. The van der Waals surface area contributed by atoms with Crippen LogP contribution in [0.3, 0.4) is 0 Å². The average Bonchev–Trinajstić information content (AvgIpc) is 3.50. The molecular weight excluding hydrogens is 356 g/mol. The number of benzene rings is 1. The molecule has 7 heteroatoms. The van der Waals surface area contributed by atoms with Crippen LogP contribution >= 0.6 is 11.6 Å². The molecule has 2 amide bonds. The Kier molecular flexibility index (Phi) is 6.14. The van der Waals surface area contributed by atoms with E-state index in [4.69, 9.17) is 16.3 Å².